The smallest absolute Gasteiger partial charge is 0.223 e. The molecule has 0 radical (unpaired) electrons. The first-order valence-electron chi connectivity index (χ1n) is 6.44. The standard InChI is InChI=1S/C15H15Cl2NO2S/c1-9(13-6-7-14(17)21-13)18-15(20)8-12(19)10-2-4-11(16)5-3-10/h2-7,9,12,19H,8H2,1H3,(H,18,20). The predicted octanol–water partition coefficient (Wildman–Crippen LogP) is 4.36. The van der Waals surface area contributed by atoms with Crippen LogP contribution in [-0.2, 0) is 4.79 Å². The van der Waals surface area contributed by atoms with Crippen LogP contribution in [0.15, 0.2) is 36.4 Å². The molecule has 0 aliphatic carbocycles. The molecule has 1 amide bonds. The minimum atomic E-state index is -0.846. The molecule has 21 heavy (non-hydrogen) atoms. The summed E-state index contributed by atoms with van der Waals surface area (Å²) >= 11 is 13.1. The SMILES string of the molecule is CC(NC(=O)CC(O)c1ccc(Cl)cc1)c1ccc(Cl)s1. The number of aliphatic hydroxyl groups is 1. The van der Waals surface area contributed by atoms with Gasteiger partial charge >= 0.3 is 0 Å². The van der Waals surface area contributed by atoms with E-state index in [9.17, 15) is 9.90 Å². The van der Waals surface area contributed by atoms with Gasteiger partial charge in [-0.1, -0.05) is 35.3 Å². The van der Waals surface area contributed by atoms with Crippen molar-refractivity contribution in [3.05, 3.63) is 56.2 Å². The van der Waals surface area contributed by atoms with Crippen molar-refractivity contribution in [2.24, 2.45) is 0 Å². The van der Waals surface area contributed by atoms with Crippen molar-refractivity contribution in [1.29, 1.82) is 0 Å². The summed E-state index contributed by atoms with van der Waals surface area (Å²) in [6, 6.07) is 10.3. The van der Waals surface area contributed by atoms with Gasteiger partial charge in [-0.15, -0.1) is 11.3 Å². The Labute approximate surface area is 137 Å². The van der Waals surface area contributed by atoms with Gasteiger partial charge in [0.2, 0.25) is 5.91 Å². The van der Waals surface area contributed by atoms with E-state index in [1.807, 2.05) is 13.0 Å². The van der Waals surface area contributed by atoms with Crippen LogP contribution in [-0.4, -0.2) is 11.0 Å². The fourth-order valence-corrected chi connectivity index (χ4v) is 3.10. The lowest BCUT2D eigenvalue weighted by Crippen LogP contribution is -2.27. The minimum absolute atomic E-state index is 0.00504. The van der Waals surface area contributed by atoms with Gasteiger partial charge in [-0.25, -0.2) is 0 Å². The van der Waals surface area contributed by atoms with E-state index < -0.39 is 6.10 Å². The van der Waals surface area contributed by atoms with E-state index in [0.29, 0.717) is 14.9 Å². The molecule has 2 aromatic rings. The summed E-state index contributed by atoms with van der Waals surface area (Å²) in [5, 5.41) is 13.5. The molecule has 0 saturated carbocycles. The quantitative estimate of drug-likeness (QED) is 0.847. The number of thiophene rings is 1. The number of carbonyl (C=O) groups excluding carboxylic acids is 1. The first-order chi connectivity index (χ1) is 9.95. The van der Waals surface area contributed by atoms with Crippen molar-refractivity contribution in [3.63, 3.8) is 0 Å². The molecule has 1 aromatic heterocycles. The third-order valence-corrected chi connectivity index (χ3v) is 4.70. The van der Waals surface area contributed by atoms with Crippen molar-refractivity contribution in [3.8, 4) is 0 Å². The molecule has 2 atom stereocenters. The maximum Gasteiger partial charge on any atom is 0.223 e. The summed E-state index contributed by atoms with van der Waals surface area (Å²) in [4.78, 5) is 12.9. The molecule has 0 bridgehead atoms. The van der Waals surface area contributed by atoms with Crippen LogP contribution in [0, 0.1) is 0 Å². The van der Waals surface area contributed by atoms with E-state index in [1.165, 1.54) is 11.3 Å². The third-order valence-electron chi connectivity index (χ3n) is 3.03. The number of halogens is 2. The van der Waals surface area contributed by atoms with E-state index in [1.54, 1.807) is 30.3 Å². The van der Waals surface area contributed by atoms with Crippen LogP contribution in [0.3, 0.4) is 0 Å². The van der Waals surface area contributed by atoms with Crippen LogP contribution < -0.4 is 5.32 Å². The maximum atomic E-state index is 12.0. The molecule has 2 unspecified atom stereocenters. The zero-order valence-corrected chi connectivity index (χ0v) is 13.7. The topological polar surface area (TPSA) is 49.3 Å². The first kappa shape index (κ1) is 16.3. The van der Waals surface area contributed by atoms with Gasteiger partial charge in [-0.05, 0) is 36.8 Å². The van der Waals surface area contributed by atoms with Gasteiger partial charge in [0.25, 0.3) is 0 Å². The average Bonchev–Trinajstić information content (AvgIpc) is 2.86. The Morgan fingerprint density at radius 2 is 1.90 bits per heavy atom. The summed E-state index contributed by atoms with van der Waals surface area (Å²) in [5.74, 6) is -0.213. The number of rotatable bonds is 5. The van der Waals surface area contributed by atoms with E-state index in [-0.39, 0.29) is 18.4 Å². The molecular weight excluding hydrogens is 329 g/mol. The Bertz CT molecular complexity index is 612. The highest BCUT2D eigenvalue weighted by Crippen LogP contribution is 2.27. The second kappa shape index (κ2) is 7.27. The van der Waals surface area contributed by atoms with E-state index in [0.717, 1.165) is 4.88 Å². The molecule has 2 N–H and O–H groups in total. The van der Waals surface area contributed by atoms with Crippen molar-refractivity contribution in [2.75, 3.05) is 0 Å². The summed E-state index contributed by atoms with van der Waals surface area (Å²) in [7, 11) is 0. The Morgan fingerprint density at radius 3 is 2.48 bits per heavy atom. The highest BCUT2D eigenvalue weighted by molar-refractivity contribution is 7.16. The van der Waals surface area contributed by atoms with Gasteiger partial charge in [-0.3, -0.25) is 4.79 Å². The Kier molecular flexibility index (Phi) is 5.65. The summed E-state index contributed by atoms with van der Waals surface area (Å²) in [6.07, 6.45) is -0.841. The van der Waals surface area contributed by atoms with Crippen LogP contribution in [0.2, 0.25) is 9.36 Å². The molecular formula is C15H15Cl2NO2S. The fraction of sp³-hybridized carbons (Fsp3) is 0.267. The van der Waals surface area contributed by atoms with Crippen LogP contribution in [0.5, 0.6) is 0 Å². The molecule has 6 heteroatoms. The van der Waals surface area contributed by atoms with Crippen LogP contribution in [0.4, 0.5) is 0 Å². The largest absolute Gasteiger partial charge is 0.388 e. The van der Waals surface area contributed by atoms with Crippen LogP contribution in [0.25, 0.3) is 0 Å². The minimum Gasteiger partial charge on any atom is -0.388 e. The Morgan fingerprint density at radius 1 is 1.24 bits per heavy atom. The van der Waals surface area contributed by atoms with Crippen molar-refractivity contribution in [1.82, 2.24) is 5.32 Å². The second-order valence-electron chi connectivity index (χ2n) is 4.70. The van der Waals surface area contributed by atoms with Crippen molar-refractivity contribution in [2.45, 2.75) is 25.5 Å². The van der Waals surface area contributed by atoms with E-state index in [4.69, 9.17) is 23.2 Å². The van der Waals surface area contributed by atoms with Gasteiger partial charge in [0, 0.05) is 9.90 Å². The average molecular weight is 344 g/mol. The van der Waals surface area contributed by atoms with E-state index in [2.05, 4.69) is 5.32 Å². The first-order valence-corrected chi connectivity index (χ1v) is 8.01. The zero-order valence-electron chi connectivity index (χ0n) is 11.3. The zero-order chi connectivity index (χ0) is 15.4. The van der Waals surface area contributed by atoms with Crippen molar-refractivity contribution >= 4 is 40.4 Å². The molecule has 112 valence electrons. The molecule has 0 aliphatic rings. The summed E-state index contributed by atoms with van der Waals surface area (Å²) < 4.78 is 0.687. The maximum absolute atomic E-state index is 12.0. The number of hydrogen-bond donors (Lipinski definition) is 2. The molecule has 2 rings (SSSR count). The molecule has 0 spiro atoms. The highest BCUT2D eigenvalue weighted by atomic mass is 35.5. The van der Waals surface area contributed by atoms with Crippen molar-refractivity contribution < 1.29 is 9.90 Å². The lowest BCUT2D eigenvalue weighted by Gasteiger charge is -2.15. The molecule has 3 nitrogen and oxygen atoms in total. The number of carbonyl (C=O) groups is 1. The summed E-state index contributed by atoms with van der Waals surface area (Å²) in [6.45, 7) is 1.88. The second-order valence-corrected chi connectivity index (χ2v) is 6.89. The van der Waals surface area contributed by atoms with Gasteiger partial charge in [-0.2, -0.15) is 0 Å². The summed E-state index contributed by atoms with van der Waals surface area (Å²) in [5.41, 5.74) is 0.668. The lowest BCUT2D eigenvalue weighted by molar-refractivity contribution is -0.123. The number of amides is 1. The normalized spacial score (nSPS) is 13.7. The van der Waals surface area contributed by atoms with Gasteiger partial charge < -0.3 is 10.4 Å². The lowest BCUT2D eigenvalue weighted by atomic mass is 10.1. The Balaban J connectivity index is 1.90. The monoisotopic (exact) mass is 343 g/mol. The van der Waals surface area contributed by atoms with E-state index >= 15 is 0 Å². The molecule has 0 fully saturated rings. The molecule has 0 saturated heterocycles. The van der Waals surface area contributed by atoms with Gasteiger partial charge in [0.15, 0.2) is 0 Å². The number of hydrogen-bond acceptors (Lipinski definition) is 3. The number of aliphatic hydroxyl groups excluding tert-OH is 1. The van der Waals surface area contributed by atoms with Crippen LogP contribution in [0.1, 0.15) is 35.9 Å². The van der Waals surface area contributed by atoms with Gasteiger partial charge in [0.05, 0.1) is 22.9 Å². The highest BCUT2D eigenvalue weighted by Gasteiger charge is 2.16. The third kappa shape index (κ3) is 4.71. The predicted molar refractivity (Wildman–Crippen MR) is 86.9 cm³/mol. The number of nitrogens with one attached hydrogen (secondary N) is 1. The molecule has 1 heterocycles. The Hall–Kier alpha value is -1.07. The molecule has 0 aliphatic heterocycles. The molecule has 1 aromatic carbocycles. The number of benzene rings is 1. The fourth-order valence-electron chi connectivity index (χ4n) is 1.91. The van der Waals surface area contributed by atoms with Gasteiger partial charge in [0.1, 0.15) is 0 Å². The van der Waals surface area contributed by atoms with Crippen LogP contribution >= 0.6 is 34.5 Å².